The van der Waals surface area contributed by atoms with Crippen molar-refractivity contribution in [3.63, 3.8) is 0 Å². The van der Waals surface area contributed by atoms with Gasteiger partial charge in [-0.25, -0.2) is 0 Å². The van der Waals surface area contributed by atoms with Crippen LogP contribution < -0.4 is 0 Å². The fraction of sp³-hybridized carbons (Fsp3) is 1.00. The lowest BCUT2D eigenvalue weighted by Gasteiger charge is -2.28. The molecule has 0 amide bonds. The lowest BCUT2D eigenvalue weighted by molar-refractivity contribution is -0.169. The number of aliphatic hydroxyl groups is 1. The molecule has 1 saturated heterocycles. The van der Waals surface area contributed by atoms with Crippen LogP contribution in [0.15, 0.2) is 0 Å². The van der Waals surface area contributed by atoms with Gasteiger partial charge in [-0.1, -0.05) is 156 Å². The van der Waals surface area contributed by atoms with E-state index in [9.17, 15) is 5.11 Å². The number of hydrogen-bond acceptors (Lipinski definition) is 5. The van der Waals surface area contributed by atoms with Crippen molar-refractivity contribution in [2.75, 3.05) is 26.9 Å². The van der Waals surface area contributed by atoms with Crippen molar-refractivity contribution in [1.82, 2.24) is 0 Å². The second-order valence-electron chi connectivity index (χ2n) is 13.6. The Morgan fingerprint density at radius 2 is 0.860 bits per heavy atom. The lowest BCUT2D eigenvalue weighted by Crippen LogP contribution is -2.41. The van der Waals surface area contributed by atoms with Crippen LogP contribution in [0.5, 0.6) is 0 Å². The first-order valence-electron chi connectivity index (χ1n) is 19.2. The number of rotatable bonds is 32. The molecule has 1 heterocycles. The van der Waals surface area contributed by atoms with Crippen LogP contribution in [0.1, 0.15) is 182 Å². The largest absolute Gasteiger partial charge is 0.394 e. The first-order chi connectivity index (χ1) is 21.1. The summed E-state index contributed by atoms with van der Waals surface area (Å²) < 4.78 is 25.2. The van der Waals surface area contributed by atoms with Crippen molar-refractivity contribution in [2.45, 2.75) is 206 Å². The van der Waals surface area contributed by atoms with Gasteiger partial charge in [-0.2, -0.15) is 0 Å². The molecule has 0 bridgehead atoms. The molecular formula is C38H76O5. The second kappa shape index (κ2) is 29.2. The summed E-state index contributed by atoms with van der Waals surface area (Å²) in [5.41, 5.74) is 0. The van der Waals surface area contributed by atoms with E-state index in [2.05, 4.69) is 27.7 Å². The van der Waals surface area contributed by atoms with Crippen LogP contribution in [0.3, 0.4) is 0 Å². The van der Waals surface area contributed by atoms with Crippen molar-refractivity contribution >= 4 is 0 Å². The van der Waals surface area contributed by atoms with E-state index in [0.29, 0.717) is 11.8 Å². The van der Waals surface area contributed by atoms with E-state index in [1.807, 2.05) is 0 Å². The molecule has 0 saturated carbocycles. The summed E-state index contributed by atoms with van der Waals surface area (Å²) in [5.74, 6) is 1.12. The highest BCUT2D eigenvalue weighted by Gasteiger charge is 2.46. The van der Waals surface area contributed by atoms with Crippen LogP contribution in [-0.2, 0) is 18.9 Å². The first kappa shape index (κ1) is 40.8. The van der Waals surface area contributed by atoms with Crippen LogP contribution in [0.25, 0.3) is 0 Å². The Morgan fingerprint density at radius 3 is 1.23 bits per heavy atom. The van der Waals surface area contributed by atoms with E-state index < -0.39 is 12.4 Å². The van der Waals surface area contributed by atoms with Gasteiger partial charge >= 0.3 is 0 Å². The van der Waals surface area contributed by atoms with Crippen molar-refractivity contribution in [2.24, 2.45) is 11.8 Å². The zero-order chi connectivity index (χ0) is 31.4. The van der Waals surface area contributed by atoms with E-state index in [4.69, 9.17) is 18.9 Å². The van der Waals surface area contributed by atoms with Gasteiger partial charge in [0.25, 0.3) is 0 Å². The predicted molar refractivity (Wildman–Crippen MR) is 183 cm³/mol. The minimum Gasteiger partial charge on any atom is -0.394 e. The number of aliphatic hydroxyl groups excluding tert-OH is 1. The van der Waals surface area contributed by atoms with E-state index in [-0.39, 0.29) is 18.8 Å². The summed E-state index contributed by atoms with van der Waals surface area (Å²) in [4.78, 5) is 0. The Hall–Kier alpha value is -0.200. The van der Waals surface area contributed by atoms with Crippen LogP contribution in [-0.4, -0.2) is 56.6 Å². The van der Waals surface area contributed by atoms with Gasteiger partial charge in [0.2, 0.25) is 0 Å². The fourth-order valence-electron chi connectivity index (χ4n) is 6.67. The average molecular weight is 613 g/mol. The molecule has 1 aliphatic heterocycles. The third kappa shape index (κ3) is 19.8. The Balaban J connectivity index is 2.76. The summed E-state index contributed by atoms with van der Waals surface area (Å²) in [6.45, 7) is 10.5. The summed E-state index contributed by atoms with van der Waals surface area (Å²) in [5, 5.41) is 10.2. The maximum atomic E-state index is 10.2. The summed E-state index contributed by atoms with van der Waals surface area (Å²) >= 11 is 0. The molecule has 258 valence electrons. The summed E-state index contributed by atoms with van der Waals surface area (Å²) in [6.07, 6.45) is 29.8. The minimum atomic E-state index is -0.487. The smallest absolute Gasteiger partial charge is 0.186 e. The molecule has 0 aliphatic carbocycles. The highest BCUT2D eigenvalue weighted by Crippen LogP contribution is 2.30. The number of ether oxygens (including phenoxy) is 4. The zero-order valence-electron chi connectivity index (χ0n) is 29.6. The highest BCUT2D eigenvalue weighted by molar-refractivity contribution is 4.90. The summed E-state index contributed by atoms with van der Waals surface area (Å²) in [6, 6.07) is 0. The summed E-state index contributed by atoms with van der Waals surface area (Å²) in [7, 11) is 1.69. The number of methoxy groups -OCH3 is 1. The molecule has 43 heavy (non-hydrogen) atoms. The van der Waals surface area contributed by atoms with E-state index in [1.54, 1.807) is 7.11 Å². The van der Waals surface area contributed by atoms with Gasteiger partial charge in [0.05, 0.1) is 19.8 Å². The number of unbranched alkanes of at least 4 members (excludes halogenated alkanes) is 16. The third-order valence-corrected chi connectivity index (χ3v) is 9.59. The number of hydrogen-bond donors (Lipinski definition) is 1. The normalized spacial score (nSPS) is 21.9. The Morgan fingerprint density at radius 1 is 0.512 bits per heavy atom. The molecular weight excluding hydrogens is 536 g/mol. The zero-order valence-corrected chi connectivity index (χ0v) is 29.6. The first-order valence-corrected chi connectivity index (χ1v) is 19.2. The molecule has 5 heteroatoms. The van der Waals surface area contributed by atoms with Crippen molar-refractivity contribution < 1.29 is 24.1 Å². The molecule has 0 aromatic rings. The van der Waals surface area contributed by atoms with Crippen LogP contribution in [0, 0.1) is 11.8 Å². The molecule has 5 nitrogen and oxygen atoms in total. The molecule has 1 rings (SSSR count). The van der Waals surface area contributed by atoms with Crippen LogP contribution in [0.2, 0.25) is 0 Å². The highest BCUT2D eigenvalue weighted by atomic mass is 16.7. The SMILES string of the molecule is CCCCCCCCC(CCCCCC)CO[C@@H]1[C@H](OC)O[C@H](CO)[C@@H]1OCC(CCCCCC)CCCCCCCC. The molecule has 1 N–H and O–H groups in total. The van der Waals surface area contributed by atoms with Gasteiger partial charge in [0.15, 0.2) is 6.29 Å². The van der Waals surface area contributed by atoms with E-state index >= 15 is 0 Å². The van der Waals surface area contributed by atoms with Crippen molar-refractivity contribution in [3.05, 3.63) is 0 Å². The molecule has 0 aromatic heterocycles. The molecule has 0 spiro atoms. The van der Waals surface area contributed by atoms with E-state index in [0.717, 1.165) is 13.2 Å². The van der Waals surface area contributed by atoms with E-state index in [1.165, 1.54) is 154 Å². The molecule has 0 radical (unpaired) electrons. The van der Waals surface area contributed by atoms with Crippen molar-refractivity contribution in [1.29, 1.82) is 0 Å². The monoisotopic (exact) mass is 613 g/mol. The fourth-order valence-corrected chi connectivity index (χ4v) is 6.67. The Labute approximate surface area is 268 Å². The maximum Gasteiger partial charge on any atom is 0.186 e. The average Bonchev–Trinajstić information content (AvgIpc) is 3.37. The van der Waals surface area contributed by atoms with Gasteiger partial charge in [-0.3, -0.25) is 0 Å². The minimum absolute atomic E-state index is 0.0683. The van der Waals surface area contributed by atoms with Crippen LogP contribution in [0.4, 0.5) is 0 Å². The lowest BCUT2D eigenvalue weighted by atomic mass is 9.94. The van der Waals surface area contributed by atoms with Gasteiger partial charge in [0, 0.05) is 7.11 Å². The molecule has 0 aromatic carbocycles. The standard InChI is InChI=1S/C38H76O5/c1-6-10-14-18-20-24-28-33(26-22-16-12-8-3)31-41-36-35(30-39)43-38(40-5)37(36)42-32-34(27-23-17-13-9-4)29-25-21-19-15-11-7-2/h33-39H,6-32H2,1-5H3/t33?,34?,35-,36+,37+,38-/m1/s1. The molecule has 2 unspecified atom stereocenters. The molecule has 1 aliphatic rings. The second-order valence-corrected chi connectivity index (χ2v) is 13.6. The topological polar surface area (TPSA) is 57.2 Å². The third-order valence-electron chi connectivity index (χ3n) is 9.59. The van der Waals surface area contributed by atoms with Crippen molar-refractivity contribution in [3.8, 4) is 0 Å². The predicted octanol–water partition coefficient (Wildman–Crippen LogP) is 10.8. The quantitative estimate of drug-likeness (QED) is 0.0766. The van der Waals surface area contributed by atoms with Gasteiger partial charge in [-0.05, 0) is 37.5 Å². The maximum absolute atomic E-state index is 10.2. The molecule has 1 fully saturated rings. The van der Waals surface area contributed by atoms with Crippen LogP contribution >= 0.6 is 0 Å². The Kier molecular flexibility index (Phi) is 27.7. The van der Waals surface area contributed by atoms with Gasteiger partial charge in [0.1, 0.15) is 18.3 Å². The van der Waals surface area contributed by atoms with Gasteiger partial charge in [-0.15, -0.1) is 0 Å². The Bertz CT molecular complexity index is 525. The van der Waals surface area contributed by atoms with Gasteiger partial charge < -0.3 is 24.1 Å². The molecule has 6 atom stereocenters.